The van der Waals surface area contributed by atoms with Crippen LogP contribution < -0.4 is 4.90 Å². The molecule has 7 heteroatoms. The highest BCUT2D eigenvalue weighted by molar-refractivity contribution is 7.17. The molecular weight excluding hydrogens is 300 g/mol. The third-order valence-electron chi connectivity index (χ3n) is 4.30. The minimum atomic E-state index is 0.0177. The third-order valence-corrected chi connectivity index (χ3v) is 5.38. The molecule has 0 aromatic carbocycles. The Kier molecular flexibility index (Phi) is 3.38. The van der Waals surface area contributed by atoms with Crippen molar-refractivity contribution in [2.75, 3.05) is 13.1 Å². The van der Waals surface area contributed by atoms with Gasteiger partial charge in [0.1, 0.15) is 10.7 Å². The van der Waals surface area contributed by atoms with Crippen molar-refractivity contribution in [2.24, 2.45) is 0 Å². The van der Waals surface area contributed by atoms with Crippen molar-refractivity contribution in [1.29, 1.82) is 0 Å². The molecule has 3 aromatic rings. The normalized spacial score (nSPS) is 18.0. The molecule has 1 atom stereocenters. The van der Waals surface area contributed by atoms with E-state index in [1.54, 1.807) is 6.26 Å². The Morgan fingerprint density at radius 2 is 2.18 bits per heavy atom. The van der Waals surface area contributed by atoms with Gasteiger partial charge in [-0.2, -0.15) is 4.52 Å². The highest BCUT2D eigenvalue weighted by Gasteiger charge is 2.35. The zero-order valence-corrected chi connectivity index (χ0v) is 13.3. The highest BCUT2D eigenvalue weighted by atomic mass is 32.1. The van der Waals surface area contributed by atoms with E-state index in [4.69, 9.17) is 4.42 Å². The fourth-order valence-electron chi connectivity index (χ4n) is 3.30. The molecule has 0 radical (unpaired) electrons. The van der Waals surface area contributed by atoms with Crippen molar-refractivity contribution < 1.29 is 14.4 Å². The fraction of sp³-hybridized carbons (Fsp3) is 0.467. The number of rotatable bonds is 3. The number of likely N-dealkylation sites (tertiary alicyclic amines) is 1. The van der Waals surface area contributed by atoms with Crippen molar-refractivity contribution in [2.45, 2.75) is 32.2 Å². The van der Waals surface area contributed by atoms with Gasteiger partial charge in [0, 0.05) is 0 Å². The monoisotopic (exact) mass is 319 g/mol. The molecule has 4 heterocycles. The van der Waals surface area contributed by atoms with Gasteiger partial charge in [-0.15, -0.1) is 5.10 Å². The van der Waals surface area contributed by atoms with Crippen LogP contribution in [0, 0.1) is 6.92 Å². The van der Waals surface area contributed by atoms with E-state index in [9.17, 15) is 5.11 Å². The first kappa shape index (κ1) is 13.8. The van der Waals surface area contributed by atoms with Gasteiger partial charge in [-0.05, 0) is 38.3 Å². The minimum absolute atomic E-state index is 0.0177. The van der Waals surface area contributed by atoms with Gasteiger partial charge in [0.25, 0.3) is 0 Å². The molecule has 0 unspecified atom stereocenters. The van der Waals surface area contributed by atoms with Gasteiger partial charge < -0.3 is 14.4 Å². The summed E-state index contributed by atoms with van der Waals surface area (Å²) in [7, 11) is 0. The number of piperidine rings is 1. The van der Waals surface area contributed by atoms with Gasteiger partial charge in [0.15, 0.2) is 11.8 Å². The van der Waals surface area contributed by atoms with Gasteiger partial charge in [-0.25, -0.2) is 4.98 Å². The lowest BCUT2D eigenvalue weighted by Crippen LogP contribution is -3.13. The standard InChI is InChI=1S/C15H18N4O2S/c1-10-16-15-19(17-10)14(20)13(22-15)12(11-6-5-9-21-11)18-7-3-2-4-8-18/h5-6,9,12,20H,2-4,7-8H2,1H3/p+1/t12-/m1/s1. The molecule has 0 amide bonds. The molecule has 1 fully saturated rings. The van der Waals surface area contributed by atoms with Crippen LogP contribution in [0.25, 0.3) is 4.96 Å². The second kappa shape index (κ2) is 5.40. The van der Waals surface area contributed by atoms with Crippen LogP contribution in [-0.2, 0) is 0 Å². The number of thiazole rings is 1. The van der Waals surface area contributed by atoms with E-state index in [1.807, 2.05) is 19.1 Å². The van der Waals surface area contributed by atoms with Crippen LogP contribution >= 0.6 is 11.3 Å². The first-order chi connectivity index (χ1) is 10.7. The Morgan fingerprint density at radius 1 is 1.36 bits per heavy atom. The van der Waals surface area contributed by atoms with Crippen LogP contribution in [0.5, 0.6) is 5.88 Å². The van der Waals surface area contributed by atoms with E-state index in [1.165, 1.54) is 40.0 Å². The lowest BCUT2D eigenvalue weighted by Gasteiger charge is -2.29. The predicted octanol–water partition coefficient (Wildman–Crippen LogP) is 1.56. The number of furan rings is 1. The summed E-state index contributed by atoms with van der Waals surface area (Å²) >= 11 is 1.50. The van der Waals surface area contributed by atoms with E-state index in [0.29, 0.717) is 5.82 Å². The van der Waals surface area contributed by atoms with Gasteiger partial charge in [-0.3, -0.25) is 0 Å². The number of quaternary nitrogens is 1. The van der Waals surface area contributed by atoms with Crippen molar-refractivity contribution in [3.8, 4) is 5.88 Å². The average molecular weight is 319 g/mol. The maximum absolute atomic E-state index is 10.6. The van der Waals surface area contributed by atoms with Crippen molar-refractivity contribution in [1.82, 2.24) is 14.6 Å². The summed E-state index contributed by atoms with van der Waals surface area (Å²) in [4.78, 5) is 7.44. The fourth-order valence-corrected chi connectivity index (χ4v) is 4.47. The van der Waals surface area contributed by atoms with Crippen molar-refractivity contribution in [3.63, 3.8) is 0 Å². The zero-order chi connectivity index (χ0) is 15.1. The summed E-state index contributed by atoms with van der Waals surface area (Å²) in [6.07, 6.45) is 5.42. The first-order valence-corrected chi connectivity index (χ1v) is 8.48. The molecule has 2 N–H and O–H groups in total. The third kappa shape index (κ3) is 2.21. The van der Waals surface area contributed by atoms with Crippen molar-refractivity contribution >= 4 is 16.3 Å². The number of nitrogens with zero attached hydrogens (tertiary/aromatic N) is 3. The summed E-state index contributed by atoms with van der Waals surface area (Å²) in [5.74, 6) is 1.77. The maximum atomic E-state index is 10.6. The quantitative estimate of drug-likeness (QED) is 0.769. The first-order valence-electron chi connectivity index (χ1n) is 7.67. The molecule has 0 saturated carbocycles. The second-order valence-corrected chi connectivity index (χ2v) is 6.82. The van der Waals surface area contributed by atoms with Crippen LogP contribution in [0.4, 0.5) is 0 Å². The SMILES string of the molecule is Cc1nc2sc([C@@H](c3ccco3)[NH+]3CCCCC3)c(O)n2n1. The second-order valence-electron chi connectivity index (χ2n) is 5.81. The van der Waals surface area contributed by atoms with E-state index in [-0.39, 0.29) is 11.9 Å². The lowest BCUT2D eigenvalue weighted by molar-refractivity contribution is -0.930. The molecule has 0 bridgehead atoms. The number of aromatic nitrogens is 3. The summed E-state index contributed by atoms with van der Waals surface area (Å²) in [6, 6.07) is 3.92. The van der Waals surface area contributed by atoms with Crippen LogP contribution in [0.15, 0.2) is 22.8 Å². The number of fused-ring (bicyclic) bond motifs is 1. The van der Waals surface area contributed by atoms with Gasteiger partial charge in [-0.1, -0.05) is 11.3 Å². The van der Waals surface area contributed by atoms with E-state index < -0.39 is 0 Å². The molecule has 6 nitrogen and oxygen atoms in total. The summed E-state index contributed by atoms with van der Waals surface area (Å²) in [5, 5.41) is 14.9. The number of hydrogen-bond acceptors (Lipinski definition) is 5. The Labute approximate surface area is 132 Å². The molecule has 0 spiro atoms. The Hall–Kier alpha value is -1.86. The summed E-state index contributed by atoms with van der Waals surface area (Å²) in [6.45, 7) is 4.02. The van der Waals surface area contributed by atoms with Gasteiger partial charge in [0.05, 0.1) is 19.4 Å². The van der Waals surface area contributed by atoms with E-state index >= 15 is 0 Å². The Bertz CT molecular complexity index is 771. The van der Waals surface area contributed by atoms with E-state index in [2.05, 4.69) is 10.1 Å². The smallest absolute Gasteiger partial charge is 0.235 e. The molecular formula is C15H19N4O2S+. The highest BCUT2D eigenvalue weighted by Crippen LogP contribution is 2.35. The molecule has 1 aliphatic heterocycles. The lowest BCUT2D eigenvalue weighted by atomic mass is 10.1. The zero-order valence-electron chi connectivity index (χ0n) is 12.5. The average Bonchev–Trinajstić information content (AvgIpc) is 3.22. The van der Waals surface area contributed by atoms with Crippen LogP contribution in [-0.4, -0.2) is 32.8 Å². The molecule has 3 aromatic heterocycles. The molecule has 1 saturated heterocycles. The van der Waals surface area contributed by atoms with Crippen LogP contribution in [0.1, 0.15) is 41.8 Å². The van der Waals surface area contributed by atoms with Crippen LogP contribution in [0.2, 0.25) is 0 Å². The van der Waals surface area contributed by atoms with Gasteiger partial charge >= 0.3 is 0 Å². The van der Waals surface area contributed by atoms with Gasteiger partial charge in [0.2, 0.25) is 10.8 Å². The molecule has 4 rings (SSSR count). The van der Waals surface area contributed by atoms with Crippen molar-refractivity contribution in [3.05, 3.63) is 34.9 Å². The predicted molar refractivity (Wildman–Crippen MR) is 82.4 cm³/mol. The Morgan fingerprint density at radius 3 is 2.86 bits per heavy atom. The number of hydrogen-bond donors (Lipinski definition) is 2. The molecule has 1 aliphatic rings. The Balaban J connectivity index is 1.81. The number of aryl methyl sites for hydroxylation is 1. The number of nitrogens with one attached hydrogen (secondary N) is 1. The topological polar surface area (TPSA) is 68.0 Å². The molecule has 22 heavy (non-hydrogen) atoms. The largest absolute Gasteiger partial charge is 0.492 e. The van der Waals surface area contributed by atoms with Crippen LogP contribution in [0.3, 0.4) is 0 Å². The number of aromatic hydroxyl groups is 1. The van der Waals surface area contributed by atoms with E-state index in [0.717, 1.165) is 28.7 Å². The molecule has 116 valence electrons. The maximum Gasteiger partial charge on any atom is 0.235 e. The summed E-state index contributed by atoms with van der Waals surface area (Å²) < 4.78 is 7.22. The molecule has 0 aliphatic carbocycles. The minimum Gasteiger partial charge on any atom is -0.492 e. The summed E-state index contributed by atoms with van der Waals surface area (Å²) in [5.41, 5.74) is 0.